The number of rotatable bonds is 0. The van der Waals surface area contributed by atoms with Crippen LogP contribution in [0.2, 0.25) is 0 Å². The third kappa shape index (κ3) is 34.4. The summed E-state index contributed by atoms with van der Waals surface area (Å²) in [6.07, 6.45) is 0. The Hall–Kier alpha value is 1.29. The van der Waals surface area contributed by atoms with Crippen molar-refractivity contribution in [2.75, 3.05) is 6.66 Å². The molecule has 32 valence electrons. The zero-order valence-electron chi connectivity index (χ0n) is 2.68. The molecule has 0 aromatic carbocycles. The Morgan fingerprint density at radius 1 is 2.00 bits per heavy atom. The fourth-order valence-electron chi connectivity index (χ4n) is 0. The number of halogens is 1. The molecule has 0 aliphatic rings. The maximum atomic E-state index is 5.32. The van der Waals surface area contributed by atoms with Crippen LogP contribution in [-0.2, 0) is 11.8 Å². The highest BCUT2D eigenvalue weighted by Crippen LogP contribution is 2.51. The van der Waals surface area contributed by atoms with Gasteiger partial charge in [-0.3, -0.25) is 0 Å². The smallest absolute Gasteiger partial charge is 0.0831 e. The highest BCUT2D eigenvalue weighted by molar-refractivity contribution is 8.71. The van der Waals surface area contributed by atoms with Gasteiger partial charge in [0.25, 0.3) is 0 Å². The first-order valence-electron chi connectivity index (χ1n) is 0.999. The molecule has 0 rings (SSSR count). The molecule has 0 aromatic rings. The molecule has 0 fully saturated rings. The van der Waals surface area contributed by atoms with E-state index in [-0.39, 0.29) is 0 Å². The number of thiol groups is 1. The predicted octanol–water partition coefficient (Wildman–Crippen LogP) is 2.09. The SMILES string of the molecule is CP(=S)(S)Cl. The van der Waals surface area contributed by atoms with Gasteiger partial charge >= 0.3 is 0 Å². The van der Waals surface area contributed by atoms with Crippen LogP contribution in [0.4, 0.5) is 0 Å². The average molecular weight is 147 g/mol. The number of hydrogen-bond donors (Lipinski definition) is 1. The van der Waals surface area contributed by atoms with Gasteiger partial charge in [0.2, 0.25) is 0 Å². The van der Waals surface area contributed by atoms with Crippen molar-refractivity contribution in [2.45, 2.75) is 0 Å². The molecule has 0 radical (unpaired) electrons. The molecule has 0 saturated carbocycles. The normalized spacial score (nSPS) is 21.4. The molecule has 0 aromatic heterocycles. The van der Waals surface area contributed by atoms with Crippen molar-refractivity contribution in [3.63, 3.8) is 0 Å². The van der Waals surface area contributed by atoms with E-state index >= 15 is 0 Å². The molecule has 5 heavy (non-hydrogen) atoms. The van der Waals surface area contributed by atoms with Gasteiger partial charge in [0.1, 0.15) is 0 Å². The predicted molar refractivity (Wildman–Crippen MR) is 35.0 cm³/mol. The highest BCUT2D eigenvalue weighted by atomic mass is 35.7. The molecule has 0 spiro atoms. The van der Waals surface area contributed by atoms with Gasteiger partial charge in [-0.2, -0.15) is 0 Å². The van der Waals surface area contributed by atoms with Crippen molar-refractivity contribution in [1.29, 1.82) is 0 Å². The molecule has 0 bridgehead atoms. The maximum Gasteiger partial charge on any atom is 0.0831 e. The van der Waals surface area contributed by atoms with Gasteiger partial charge in [0, 0.05) is 0 Å². The van der Waals surface area contributed by atoms with Gasteiger partial charge in [-0.25, -0.2) is 0 Å². The largest absolute Gasteiger partial charge is 0.127 e. The van der Waals surface area contributed by atoms with E-state index in [0.29, 0.717) is 0 Å². The lowest BCUT2D eigenvalue weighted by atomic mass is 12.0. The van der Waals surface area contributed by atoms with E-state index in [1.165, 1.54) is 0 Å². The van der Waals surface area contributed by atoms with Crippen LogP contribution in [0, 0.1) is 0 Å². The Morgan fingerprint density at radius 3 is 2.00 bits per heavy atom. The lowest BCUT2D eigenvalue weighted by Gasteiger charge is -1.87. The van der Waals surface area contributed by atoms with Crippen molar-refractivity contribution < 1.29 is 0 Å². The van der Waals surface area contributed by atoms with Gasteiger partial charge < -0.3 is 0 Å². The minimum absolute atomic E-state index is 1.64. The van der Waals surface area contributed by atoms with Crippen LogP contribution < -0.4 is 0 Å². The van der Waals surface area contributed by atoms with Crippen molar-refractivity contribution >= 4 is 39.9 Å². The lowest BCUT2D eigenvalue weighted by Crippen LogP contribution is -1.36. The van der Waals surface area contributed by atoms with E-state index in [1.807, 2.05) is 0 Å². The Bertz CT molecular complexity index is 55.8. The molecule has 0 saturated heterocycles. The average Bonchev–Trinajstić information content (AvgIpc) is 0.722. The first-order chi connectivity index (χ1) is 2.00. The van der Waals surface area contributed by atoms with Crippen molar-refractivity contribution in [1.82, 2.24) is 0 Å². The summed E-state index contributed by atoms with van der Waals surface area (Å²) in [6, 6.07) is 0. The summed E-state index contributed by atoms with van der Waals surface area (Å²) in [6.45, 7) is 1.74. The Kier molecular flexibility index (Phi) is 2.30. The molecule has 0 aliphatic heterocycles. The topological polar surface area (TPSA) is 0 Å². The minimum Gasteiger partial charge on any atom is -0.127 e. The van der Waals surface area contributed by atoms with Crippen molar-refractivity contribution in [2.24, 2.45) is 0 Å². The second-order valence-electron chi connectivity index (χ2n) is 0.778. The van der Waals surface area contributed by atoms with E-state index < -0.39 is 4.59 Å². The van der Waals surface area contributed by atoms with Gasteiger partial charge in [-0.15, -0.1) is 12.2 Å². The summed E-state index contributed by atoms with van der Waals surface area (Å²) in [5.74, 6) is 0. The quantitative estimate of drug-likeness (QED) is 0.404. The van der Waals surface area contributed by atoms with E-state index in [1.54, 1.807) is 6.66 Å². The molecule has 0 heterocycles. The van der Waals surface area contributed by atoms with Crippen molar-refractivity contribution in [3.8, 4) is 0 Å². The molecule has 1 unspecified atom stereocenters. The molecule has 0 N–H and O–H groups in total. The van der Waals surface area contributed by atoms with Gasteiger partial charge in [-0.1, -0.05) is 23.0 Å². The molecule has 0 amide bonds. The molecule has 1 atom stereocenters. The fraction of sp³-hybridized carbons (Fsp3) is 1.00. The first kappa shape index (κ1) is 6.29. The van der Waals surface area contributed by atoms with E-state index in [0.717, 1.165) is 0 Å². The van der Waals surface area contributed by atoms with Crippen LogP contribution in [0.25, 0.3) is 0 Å². The summed E-state index contributed by atoms with van der Waals surface area (Å²) in [5.41, 5.74) is 0. The van der Waals surface area contributed by atoms with Crippen LogP contribution in [0.3, 0.4) is 0 Å². The second-order valence-corrected chi connectivity index (χ2v) is 11.1. The monoisotopic (exact) mass is 146 g/mol. The van der Waals surface area contributed by atoms with E-state index in [2.05, 4.69) is 24.1 Å². The summed E-state index contributed by atoms with van der Waals surface area (Å²) in [5, 5.41) is 0. The third-order valence-corrected chi connectivity index (χ3v) is 0. The lowest BCUT2D eigenvalue weighted by molar-refractivity contribution is 2.49. The maximum absolute atomic E-state index is 5.32. The molecule has 0 nitrogen and oxygen atoms in total. The van der Waals surface area contributed by atoms with Crippen LogP contribution in [0.5, 0.6) is 0 Å². The zero-order chi connectivity index (χ0) is 4.50. The Morgan fingerprint density at radius 2 is 2.00 bits per heavy atom. The summed E-state index contributed by atoms with van der Waals surface area (Å²) < 4.78 is -1.64. The van der Waals surface area contributed by atoms with Gasteiger partial charge in [0.05, 0.1) is 4.59 Å². The second kappa shape index (κ2) is 1.83. The van der Waals surface area contributed by atoms with Crippen LogP contribution >= 0.6 is 28.1 Å². The van der Waals surface area contributed by atoms with Gasteiger partial charge in [-0.05, 0) is 6.66 Å². The Labute approximate surface area is 46.9 Å². The summed E-state index contributed by atoms with van der Waals surface area (Å²) in [4.78, 5) is 0. The number of hydrogen-bond acceptors (Lipinski definition) is 1. The minimum atomic E-state index is -1.64. The highest BCUT2D eigenvalue weighted by Gasteiger charge is 1.88. The zero-order valence-corrected chi connectivity index (χ0v) is 6.04. The summed E-state index contributed by atoms with van der Waals surface area (Å²) in [7, 11) is 0. The fourth-order valence-corrected chi connectivity index (χ4v) is 0. The van der Waals surface area contributed by atoms with Crippen LogP contribution in [0.15, 0.2) is 0 Å². The summed E-state index contributed by atoms with van der Waals surface area (Å²) >= 11 is 13.7. The Balaban J connectivity index is 3.47. The van der Waals surface area contributed by atoms with Gasteiger partial charge in [0.15, 0.2) is 0 Å². The molecular weight excluding hydrogens is 143 g/mol. The third-order valence-electron chi connectivity index (χ3n) is 0. The van der Waals surface area contributed by atoms with E-state index in [9.17, 15) is 0 Å². The first-order valence-corrected chi connectivity index (χ1v) is 6.31. The molecular formula is CH4ClPS2. The molecule has 4 heteroatoms. The van der Waals surface area contributed by atoms with Crippen LogP contribution in [0.1, 0.15) is 0 Å². The van der Waals surface area contributed by atoms with Crippen molar-refractivity contribution in [3.05, 3.63) is 0 Å². The molecule has 0 aliphatic carbocycles. The van der Waals surface area contributed by atoms with E-state index in [4.69, 9.17) is 11.2 Å². The van der Waals surface area contributed by atoms with Crippen LogP contribution in [-0.4, -0.2) is 6.66 Å². The standard InChI is InChI=1S/CH4ClPS2/c1-3(2,4)5/h1H3,(H,4,5).